The van der Waals surface area contributed by atoms with Gasteiger partial charge in [-0.2, -0.15) is 0 Å². The lowest BCUT2D eigenvalue weighted by molar-refractivity contribution is 0.456. The zero-order valence-electron chi connectivity index (χ0n) is 42.0. The van der Waals surface area contributed by atoms with Crippen LogP contribution in [0.3, 0.4) is 0 Å². The first-order valence-corrected chi connectivity index (χ1v) is 28.2. The van der Waals surface area contributed by atoms with Crippen LogP contribution < -0.4 is 0 Å². The maximum atomic E-state index is 12.3. The normalized spacial score (nSPS) is 11.7. The van der Waals surface area contributed by atoms with E-state index in [4.69, 9.17) is 0 Å². The van der Waals surface area contributed by atoms with Gasteiger partial charge in [-0.3, -0.25) is 0 Å². The third-order valence-corrected chi connectivity index (χ3v) is 16.3. The molecule has 10 nitrogen and oxygen atoms in total. The number of phenols is 4. The molecule has 70 heavy (non-hydrogen) atoms. The van der Waals surface area contributed by atoms with Crippen LogP contribution in [-0.4, -0.2) is 72.4 Å². The van der Waals surface area contributed by atoms with Crippen molar-refractivity contribution in [3.8, 4) is 45.5 Å². The van der Waals surface area contributed by atoms with Crippen molar-refractivity contribution in [1.29, 1.82) is 0 Å². The molecule has 0 amide bonds. The van der Waals surface area contributed by atoms with E-state index < -0.39 is 10.0 Å². The number of hydrogen-bond acceptors (Lipinski definition) is 8. The molecule has 0 saturated carbocycles. The van der Waals surface area contributed by atoms with Gasteiger partial charge in [0.1, 0.15) is 23.0 Å². The second-order valence-electron chi connectivity index (χ2n) is 18.7. The molecule has 376 valence electrons. The van der Waals surface area contributed by atoms with Gasteiger partial charge in [-0.25, -0.2) is 17.7 Å². The van der Waals surface area contributed by atoms with E-state index >= 15 is 0 Å². The Labute approximate surface area is 421 Å². The number of thioether (sulfide) groups is 1. The minimum Gasteiger partial charge on any atom is -0.508 e. The first-order valence-electron chi connectivity index (χ1n) is 25.6. The van der Waals surface area contributed by atoms with Gasteiger partial charge in [-0.1, -0.05) is 83.6 Å². The number of aromatic nitrogens is 3. The van der Waals surface area contributed by atoms with Gasteiger partial charge in [0.25, 0.3) is 0 Å². The summed E-state index contributed by atoms with van der Waals surface area (Å²) in [6, 6.07) is 32.0. The molecule has 0 spiro atoms. The Kier molecular flexibility index (Phi) is 21.0. The second kappa shape index (κ2) is 27.2. The standard InChI is InChI=1S/C30H44N2O4S.C28H32N2O2S/c1-4-5-20-31(3)37(35,36)22-13-11-9-7-6-8-10-12-21-32-29-19-18-27(34)23-28(29)24(2)30(32)25-14-16-26(33)17-15-25;1-21-25-20-24(32)15-16-26(25)30(28(21)22-11-13-23(31)14-12-22)18-8-4-2-3-5-9-19-33-27-10-6-7-17-29-27/h14-19,23,33-34H,4-13,20-22H2,1-3H3;6-7,10-17,20,31-32H,2-5,8-9,18-19H2,1H3. The van der Waals surface area contributed by atoms with E-state index in [0.29, 0.717) is 12.3 Å². The zero-order chi connectivity index (χ0) is 49.9. The number of rotatable bonds is 27. The highest BCUT2D eigenvalue weighted by atomic mass is 32.2. The van der Waals surface area contributed by atoms with E-state index in [1.165, 1.54) is 54.9 Å². The van der Waals surface area contributed by atoms with Gasteiger partial charge in [0.15, 0.2) is 0 Å². The molecule has 0 saturated heterocycles. The highest BCUT2D eigenvalue weighted by molar-refractivity contribution is 7.99. The number of hydrogen-bond donors (Lipinski definition) is 4. The Bertz CT molecular complexity index is 2790. The molecule has 4 N–H and O–H groups in total. The van der Waals surface area contributed by atoms with E-state index in [-0.39, 0.29) is 23.0 Å². The third-order valence-electron chi connectivity index (χ3n) is 13.4. The summed E-state index contributed by atoms with van der Waals surface area (Å²) in [4.78, 5) is 4.36. The van der Waals surface area contributed by atoms with Crippen LogP contribution in [0.5, 0.6) is 23.0 Å². The van der Waals surface area contributed by atoms with Crippen molar-refractivity contribution >= 4 is 43.6 Å². The second-order valence-corrected chi connectivity index (χ2v) is 22.0. The fourth-order valence-electron chi connectivity index (χ4n) is 9.45. The summed E-state index contributed by atoms with van der Waals surface area (Å²) in [7, 11) is -1.41. The average Bonchev–Trinajstić information content (AvgIpc) is 3.78. The fraction of sp³-hybridized carbons (Fsp3) is 0.431. The van der Waals surface area contributed by atoms with E-state index in [1.807, 2.05) is 78.6 Å². The molecule has 0 aliphatic rings. The molecule has 0 aliphatic heterocycles. The van der Waals surface area contributed by atoms with Gasteiger partial charge in [0.05, 0.1) is 22.2 Å². The average molecular weight is 989 g/mol. The number of pyridine rings is 1. The Morgan fingerprint density at radius 2 is 0.986 bits per heavy atom. The summed E-state index contributed by atoms with van der Waals surface area (Å²) in [5.41, 5.74) is 9.02. The van der Waals surface area contributed by atoms with Crippen molar-refractivity contribution < 1.29 is 28.8 Å². The van der Waals surface area contributed by atoms with Crippen molar-refractivity contribution in [2.45, 2.75) is 142 Å². The largest absolute Gasteiger partial charge is 0.508 e. The molecule has 0 fully saturated rings. The number of fused-ring (bicyclic) bond motifs is 2. The van der Waals surface area contributed by atoms with Gasteiger partial charge >= 0.3 is 0 Å². The molecule has 3 heterocycles. The number of aromatic hydroxyl groups is 4. The number of nitrogens with zero attached hydrogens (tertiary/aromatic N) is 4. The Hall–Kier alpha value is -5.43. The van der Waals surface area contributed by atoms with Crippen molar-refractivity contribution in [2.24, 2.45) is 0 Å². The molecule has 7 aromatic rings. The molecule has 0 aliphatic carbocycles. The van der Waals surface area contributed by atoms with Crippen LogP contribution in [0.1, 0.15) is 121 Å². The molecule has 0 unspecified atom stereocenters. The first-order chi connectivity index (χ1) is 33.9. The highest BCUT2D eigenvalue weighted by Crippen LogP contribution is 2.38. The summed E-state index contributed by atoms with van der Waals surface area (Å²) in [5.74, 6) is 2.48. The summed E-state index contributed by atoms with van der Waals surface area (Å²) in [5, 5.41) is 42.7. The van der Waals surface area contributed by atoms with Gasteiger partial charge in [0, 0.05) is 54.7 Å². The monoisotopic (exact) mass is 989 g/mol. The number of aryl methyl sites for hydroxylation is 4. The third kappa shape index (κ3) is 15.3. The summed E-state index contributed by atoms with van der Waals surface area (Å²) < 4.78 is 30.8. The van der Waals surface area contributed by atoms with Crippen molar-refractivity contribution in [3.05, 3.63) is 120 Å². The van der Waals surface area contributed by atoms with Gasteiger partial charge < -0.3 is 29.6 Å². The molecule has 4 aromatic carbocycles. The van der Waals surface area contributed by atoms with Crippen LogP contribution in [0.4, 0.5) is 0 Å². The summed E-state index contributed by atoms with van der Waals surface area (Å²) in [6.07, 6.45) is 19.6. The maximum absolute atomic E-state index is 12.3. The minimum atomic E-state index is -3.10. The molecular formula is C58H76N4O6S2. The minimum absolute atomic E-state index is 0.252. The zero-order valence-corrected chi connectivity index (χ0v) is 43.6. The molecule has 0 radical (unpaired) electrons. The number of unbranched alkanes of at least 4 members (excludes halogenated alkanes) is 13. The lowest BCUT2D eigenvalue weighted by atomic mass is 10.1. The fourth-order valence-corrected chi connectivity index (χ4v) is 11.6. The predicted octanol–water partition coefficient (Wildman–Crippen LogP) is 14.8. The topological polar surface area (TPSA) is 141 Å². The van der Waals surface area contributed by atoms with Crippen LogP contribution >= 0.6 is 11.8 Å². The number of benzene rings is 4. The quantitative estimate of drug-likeness (QED) is 0.0295. The van der Waals surface area contributed by atoms with Crippen molar-refractivity contribution in [3.63, 3.8) is 0 Å². The summed E-state index contributed by atoms with van der Waals surface area (Å²) in [6.45, 7) is 8.75. The molecule has 7 rings (SSSR count). The van der Waals surface area contributed by atoms with Crippen LogP contribution in [0.2, 0.25) is 0 Å². The molecule has 0 atom stereocenters. The number of sulfonamides is 1. The van der Waals surface area contributed by atoms with Gasteiger partial charge in [-0.05, 0) is 171 Å². The van der Waals surface area contributed by atoms with Crippen LogP contribution in [0, 0.1) is 13.8 Å². The lowest BCUT2D eigenvalue weighted by Gasteiger charge is -2.16. The Morgan fingerprint density at radius 3 is 1.44 bits per heavy atom. The van der Waals surface area contributed by atoms with Gasteiger partial charge in [0.2, 0.25) is 10.0 Å². The van der Waals surface area contributed by atoms with E-state index in [2.05, 4.69) is 41.0 Å². The Balaban J connectivity index is 0.000000231. The Morgan fingerprint density at radius 1 is 0.543 bits per heavy atom. The smallest absolute Gasteiger partial charge is 0.213 e. The van der Waals surface area contributed by atoms with Crippen molar-refractivity contribution in [1.82, 2.24) is 18.4 Å². The van der Waals surface area contributed by atoms with Gasteiger partial charge in [-0.15, -0.1) is 11.8 Å². The molecular weight excluding hydrogens is 913 g/mol. The van der Waals surface area contributed by atoms with E-state index in [1.54, 1.807) is 43.4 Å². The predicted molar refractivity (Wildman–Crippen MR) is 292 cm³/mol. The number of phenolic OH excluding ortho intramolecular Hbond substituents is 4. The lowest BCUT2D eigenvalue weighted by Crippen LogP contribution is -2.30. The van der Waals surface area contributed by atoms with Crippen LogP contribution in [0.15, 0.2) is 114 Å². The highest BCUT2D eigenvalue weighted by Gasteiger charge is 2.19. The van der Waals surface area contributed by atoms with Crippen LogP contribution in [0.25, 0.3) is 44.3 Å². The molecule has 3 aromatic heterocycles. The SMILES string of the molecule is CCCCN(C)S(=O)(=O)CCCCCCCCCCn1c(-c2ccc(O)cc2)c(C)c2cc(O)ccc21.Cc1c(-c2ccc(O)cc2)n(CCCCCCCCSc2ccccn2)c2ccc(O)cc12. The maximum Gasteiger partial charge on any atom is 0.213 e. The van der Waals surface area contributed by atoms with Crippen molar-refractivity contribution in [2.75, 3.05) is 25.1 Å². The molecule has 12 heteroatoms. The van der Waals surface area contributed by atoms with Crippen LogP contribution in [-0.2, 0) is 23.1 Å². The molecule has 0 bridgehead atoms. The summed E-state index contributed by atoms with van der Waals surface area (Å²) >= 11 is 1.84. The van der Waals surface area contributed by atoms with E-state index in [0.717, 1.165) is 131 Å². The van der Waals surface area contributed by atoms with E-state index in [9.17, 15) is 28.8 Å². The first kappa shape index (κ1) is 53.9.